The van der Waals surface area contributed by atoms with Gasteiger partial charge in [-0.25, -0.2) is 0 Å². The summed E-state index contributed by atoms with van der Waals surface area (Å²) in [6.45, 7) is 6.45. The number of fused-ring (bicyclic) bond motifs is 1. The standard InChI is InChI=1S/C22H27N3O2/c1-15-13-20(16(2)23-15)22(27)25-10-4-9-24(11-12-25)21(26)19-8-7-17-5-3-6-18(17)14-19/h7-8,13-14,23H,3-6,9-12H2,1-2H3. The lowest BCUT2D eigenvalue weighted by atomic mass is 10.1. The van der Waals surface area contributed by atoms with Crippen LogP contribution in [0.25, 0.3) is 0 Å². The summed E-state index contributed by atoms with van der Waals surface area (Å²) in [5, 5.41) is 0. The maximum atomic E-state index is 13.0. The summed E-state index contributed by atoms with van der Waals surface area (Å²) < 4.78 is 0. The minimum absolute atomic E-state index is 0.0590. The molecule has 0 saturated carbocycles. The number of H-pyrrole nitrogens is 1. The van der Waals surface area contributed by atoms with Gasteiger partial charge in [0.1, 0.15) is 0 Å². The van der Waals surface area contributed by atoms with Gasteiger partial charge in [0.15, 0.2) is 0 Å². The van der Waals surface area contributed by atoms with Crippen LogP contribution >= 0.6 is 0 Å². The highest BCUT2D eigenvalue weighted by atomic mass is 16.2. The molecule has 0 bridgehead atoms. The van der Waals surface area contributed by atoms with Gasteiger partial charge < -0.3 is 14.8 Å². The Labute approximate surface area is 160 Å². The van der Waals surface area contributed by atoms with Crippen LogP contribution in [0.1, 0.15) is 56.1 Å². The van der Waals surface area contributed by atoms with Gasteiger partial charge in [0, 0.05) is 43.1 Å². The Kier molecular flexibility index (Phi) is 4.77. The Morgan fingerprint density at radius 1 is 0.852 bits per heavy atom. The summed E-state index contributed by atoms with van der Waals surface area (Å²) in [5.41, 5.74) is 6.15. The minimum atomic E-state index is 0.0590. The molecular weight excluding hydrogens is 338 g/mol. The van der Waals surface area contributed by atoms with Crippen molar-refractivity contribution in [1.82, 2.24) is 14.8 Å². The van der Waals surface area contributed by atoms with E-state index < -0.39 is 0 Å². The van der Waals surface area contributed by atoms with Crippen molar-refractivity contribution >= 4 is 11.8 Å². The fraction of sp³-hybridized carbons (Fsp3) is 0.455. The van der Waals surface area contributed by atoms with Crippen molar-refractivity contribution in [3.05, 3.63) is 57.9 Å². The van der Waals surface area contributed by atoms with Gasteiger partial charge in [-0.3, -0.25) is 9.59 Å². The average molecular weight is 365 g/mol. The summed E-state index contributed by atoms with van der Waals surface area (Å²) >= 11 is 0. The third-order valence-corrected chi connectivity index (χ3v) is 5.80. The smallest absolute Gasteiger partial charge is 0.255 e. The van der Waals surface area contributed by atoms with Crippen LogP contribution in [0.5, 0.6) is 0 Å². The molecule has 1 aliphatic carbocycles. The fourth-order valence-electron chi connectivity index (χ4n) is 4.33. The van der Waals surface area contributed by atoms with Crippen LogP contribution in [0, 0.1) is 13.8 Å². The van der Waals surface area contributed by atoms with Crippen LogP contribution in [0.15, 0.2) is 24.3 Å². The van der Waals surface area contributed by atoms with E-state index in [0.29, 0.717) is 26.2 Å². The molecule has 2 aliphatic rings. The summed E-state index contributed by atoms with van der Waals surface area (Å²) in [5.74, 6) is 0.149. The Morgan fingerprint density at radius 3 is 2.26 bits per heavy atom. The second-order valence-electron chi connectivity index (χ2n) is 7.77. The molecule has 1 saturated heterocycles. The lowest BCUT2D eigenvalue weighted by Crippen LogP contribution is -2.37. The number of rotatable bonds is 2. The number of carbonyl (C=O) groups excluding carboxylic acids is 2. The Balaban J connectivity index is 1.44. The topological polar surface area (TPSA) is 56.4 Å². The van der Waals surface area contributed by atoms with Gasteiger partial charge in [0.25, 0.3) is 11.8 Å². The maximum absolute atomic E-state index is 13.0. The third kappa shape index (κ3) is 3.51. The highest BCUT2D eigenvalue weighted by Crippen LogP contribution is 2.24. The van der Waals surface area contributed by atoms with Gasteiger partial charge >= 0.3 is 0 Å². The zero-order valence-corrected chi connectivity index (χ0v) is 16.2. The first-order valence-corrected chi connectivity index (χ1v) is 9.89. The van der Waals surface area contributed by atoms with Crippen LogP contribution in [-0.2, 0) is 12.8 Å². The van der Waals surface area contributed by atoms with Crippen LogP contribution in [0.4, 0.5) is 0 Å². The Morgan fingerprint density at radius 2 is 1.56 bits per heavy atom. The first-order chi connectivity index (χ1) is 13.0. The lowest BCUT2D eigenvalue weighted by Gasteiger charge is -2.22. The van der Waals surface area contributed by atoms with E-state index >= 15 is 0 Å². The number of aryl methyl sites for hydroxylation is 4. The molecule has 5 nitrogen and oxygen atoms in total. The number of carbonyl (C=O) groups is 2. The number of amides is 2. The predicted octanol–water partition coefficient (Wildman–Crippen LogP) is 3.11. The van der Waals surface area contributed by atoms with Crippen molar-refractivity contribution in [1.29, 1.82) is 0 Å². The molecular formula is C22H27N3O2. The molecule has 1 N–H and O–H groups in total. The van der Waals surface area contributed by atoms with E-state index in [1.54, 1.807) is 0 Å². The van der Waals surface area contributed by atoms with E-state index in [2.05, 4.69) is 17.1 Å². The minimum Gasteiger partial charge on any atom is -0.362 e. The van der Waals surface area contributed by atoms with Crippen LogP contribution in [0.3, 0.4) is 0 Å². The molecule has 0 spiro atoms. The van der Waals surface area contributed by atoms with Crippen LogP contribution < -0.4 is 0 Å². The summed E-state index contributed by atoms with van der Waals surface area (Å²) in [6.07, 6.45) is 4.20. The number of aromatic nitrogens is 1. The second kappa shape index (κ2) is 7.22. The monoisotopic (exact) mass is 365 g/mol. The summed E-state index contributed by atoms with van der Waals surface area (Å²) in [4.78, 5) is 32.8. The van der Waals surface area contributed by atoms with Gasteiger partial charge in [-0.15, -0.1) is 0 Å². The zero-order chi connectivity index (χ0) is 19.0. The molecule has 27 heavy (non-hydrogen) atoms. The summed E-state index contributed by atoms with van der Waals surface area (Å²) in [7, 11) is 0. The fourth-order valence-corrected chi connectivity index (χ4v) is 4.33. The van der Waals surface area contributed by atoms with Gasteiger partial charge in [-0.1, -0.05) is 6.07 Å². The molecule has 1 aliphatic heterocycles. The van der Waals surface area contributed by atoms with E-state index in [1.807, 2.05) is 35.8 Å². The van der Waals surface area contributed by atoms with E-state index in [4.69, 9.17) is 0 Å². The zero-order valence-electron chi connectivity index (χ0n) is 16.2. The van der Waals surface area contributed by atoms with Crippen LogP contribution in [0.2, 0.25) is 0 Å². The average Bonchev–Trinajstić information content (AvgIpc) is 3.17. The van der Waals surface area contributed by atoms with E-state index in [0.717, 1.165) is 41.8 Å². The number of benzene rings is 1. The molecule has 2 aromatic rings. The quantitative estimate of drug-likeness (QED) is 0.889. The van der Waals surface area contributed by atoms with Crippen molar-refractivity contribution in [3.8, 4) is 0 Å². The van der Waals surface area contributed by atoms with Gasteiger partial charge in [0.2, 0.25) is 0 Å². The molecule has 1 fully saturated rings. The third-order valence-electron chi connectivity index (χ3n) is 5.80. The summed E-state index contributed by atoms with van der Waals surface area (Å²) in [6, 6.07) is 8.06. The first kappa shape index (κ1) is 17.8. The molecule has 4 rings (SSSR count). The largest absolute Gasteiger partial charge is 0.362 e. The van der Waals surface area contributed by atoms with E-state index in [1.165, 1.54) is 17.5 Å². The van der Waals surface area contributed by atoms with Crippen LogP contribution in [-0.4, -0.2) is 52.8 Å². The van der Waals surface area contributed by atoms with Crippen molar-refractivity contribution in [3.63, 3.8) is 0 Å². The number of hydrogen-bond acceptors (Lipinski definition) is 2. The highest BCUT2D eigenvalue weighted by molar-refractivity contribution is 5.96. The van der Waals surface area contributed by atoms with Crippen molar-refractivity contribution in [2.45, 2.75) is 39.5 Å². The second-order valence-corrected chi connectivity index (χ2v) is 7.77. The first-order valence-electron chi connectivity index (χ1n) is 9.89. The Hall–Kier alpha value is -2.56. The molecule has 142 valence electrons. The van der Waals surface area contributed by atoms with E-state index in [9.17, 15) is 9.59 Å². The molecule has 2 amide bonds. The SMILES string of the molecule is Cc1cc(C(=O)N2CCCN(C(=O)c3ccc4c(c3)CCC4)CC2)c(C)[nH]1. The molecule has 0 atom stereocenters. The number of nitrogens with one attached hydrogen (secondary N) is 1. The lowest BCUT2D eigenvalue weighted by molar-refractivity contribution is 0.0718. The highest BCUT2D eigenvalue weighted by Gasteiger charge is 2.25. The molecule has 2 heterocycles. The predicted molar refractivity (Wildman–Crippen MR) is 105 cm³/mol. The molecule has 0 unspecified atom stereocenters. The van der Waals surface area contributed by atoms with E-state index in [-0.39, 0.29) is 11.8 Å². The molecule has 5 heteroatoms. The van der Waals surface area contributed by atoms with Gasteiger partial charge in [-0.2, -0.15) is 0 Å². The van der Waals surface area contributed by atoms with Gasteiger partial charge in [-0.05, 0) is 68.9 Å². The van der Waals surface area contributed by atoms with Crippen molar-refractivity contribution in [2.24, 2.45) is 0 Å². The number of aromatic amines is 1. The van der Waals surface area contributed by atoms with Gasteiger partial charge in [0.05, 0.1) is 5.56 Å². The molecule has 0 radical (unpaired) electrons. The maximum Gasteiger partial charge on any atom is 0.255 e. The normalized spacial score (nSPS) is 17.0. The molecule has 1 aromatic carbocycles. The molecule has 1 aromatic heterocycles. The number of nitrogens with zero attached hydrogens (tertiary/aromatic N) is 2. The van der Waals surface area contributed by atoms with Crippen molar-refractivity contribution < 1.29 is 9.59 Å². The Bertz CT molecular complexity index is 884. The number of hydrogen-bond donors (Lipinski definition) is 1. The van der Waals surface area contributed by atoms with Crippen molar-refractivity contribution in [2.75, 3.05) is 26.2 Å².